The summed E-state index contributed by atoms with van der Waals surface area (Å²) in [7, 11) is 2.83. The number of ether oxygens (including phenoxy) is 2. The minimum Gasteiger partial charge on any atom is -0.495 e. The molecule has 0 radical (unpaired) electrons. The van der Waals surface area contributed by atoms with Gasteiger partial charge in [-0.25, -0.2) is 4.79 Å². The molecule has 7 nitrogen and oxygen atoms in total. The molecule has 1 amide bonds. The molecule has 0 saturated carbocycles. The number of nitrogens with one attached hydrogen (secondary N) is 1. The van der Waals surface area contributed by atoms with Crippen molar-refractivity contribution in [2.75, 3.05) is 14.2 Å². The molecule has 3 rings (SSSR count). The van der Waals surface area contributed by atoms with Crippen LogP contribution in [0.5, 0.6) is 5.75 Å². The summed E-state index contributed by atoms with van der Waals surface area (Å²) in [6.07, 6.45) is 1.62. The standard InChI is InChI=1S/C23H22N2O5/c1-15-11-12-25(18-9-4-5-10-19(18)29-2)22(27)20(15)21(26)24-14-16-7-6-8-17(13-16)23(28)30-3/h4-13H,14H2,1-3H3,(H,24,26). The first-order valence-electron chi connectivity index (χ1n) is 9.27. The highest BCUT2D eigenvalue weighted by Crippen LogP contribution is 2.21. The first-order valence-corrected chi connectivity index (χ1v) is 9.27. The van der Waals surface area contributed by atoms with E-state index in [4.69, 9.17) is 9.47 Å². The SMILES string of the molecule is COC(=O)c1cccc(CNC(=O)c2c(C)ccn(-c3ccccc3OC)c2=O)c1. The Morgan fingerprint density at radius 3 is 2.53 bits per heavy atom. The number of pyridine rings is 1. The van der Waals surface area contributed by atoms with Gasteiger partial charge in [0, 0.05) is 12.7 Å². The van der Waals surface area contributed by atoms with Crippen molar-refractivity contribution in [3.05, 3.63) is 93.4 Å². The average Bonchev–Trinajstić information content (AvgIpc) is 2.77. The quantitative estimate of drug-likeness (QED) is 0.636. The van der Waals surface area contributed by atoms with Crippen LogP contribution in [0.2, 0.25) is 0 Å². The van der Waals surface area contributed by atoms with Crippen molar-refractivity contribution in [3.63, 3.8) is 0 Å². The van der Waals surface area contributed by atoms with Crippen molar-refractivity contribution in [2.45, 2.75) is 13.5 Å². The number of carbonyl (C=O) groups is 2. The van der Waals surface area contributed by atoms with Gasteiger partial charge < -0.3 is 14.8 Å². The van der Waals surface area contributed by atoms with E-state index in [1.54, 1.807) is 67.7 Å². The van der Waals surface area contributed by atoms with Crippen LogP contribution in [0.3, 0.4) is 0 Å². The molecule has 1 N–H and O–H groups in total. The molecule has 154 valence electrons. The van der Waals surface area contributed by atoms with Gasteiger partial charge in [0.2, 0.25) is 0 Å². The lowest BCUT2D eigenvalue weighted by atomic mass is 10.1. The van der Waals surface area contributed by atoms with Crippen LogP contribution in [0.25, 0.3) is 5.69 Å². The van der Waals surface area contributed by atoms with Crippen molar-refractivity contribution in [1.82, 2.24) is 9.88 Å². The fourth-order valence-corrected chi connectivity index (χ4v) is 3.12. The third kappa shape index (κ3) is 4.25. The Morgan fingerprint density at radius 1 is 1.03 bits per heavy atom. The molecule has 0 aliphatic rings. The van der Waals surface area contributed by atoms with Crippen molar-refractivity contribution in [3.8, 4) is 11.4 Å². The number of hydrogen-bond acceptors (Lipinski definition) is 5. The Morgan fingerprint density at radius 2 is 1.80 bits per heavy atom. The smallest absolute Gasteiger partial charge is 0.337 e. The number of amides is 1. The first-order chi connectivity index (χ1) is 14.5. The van der Waals surface area contributed by atoms with Gasteiger partial charge in [-0.1, -0.05) is 24.3 Å². The number of aromatic nitrogens is 1. The molecule has 30 heavy (non-hydrogen) atoms. The maximum Gasteiger partial charge on any atom is 0.337 e. The summed E-state index contributed by atoms with van der Waals surface area (Å²) in [5.41, 5.74) is 1.81. The maximum absolute atomic E-state index is 13.1. The van der Waals surface area contributed by atoms with Crippen molar-refractivity contribution in [1.29, 1.82) is 0 Å². The van der Waals surface area contributed by atoms with Gasteiger partial charge in [-0.3, -0.25) is 14.2 Å². The van der Waals surface area contributed by atoms with Crippen LogP contribution in [0, 0.1) is 6.92 Å². The average molecular weight is 406 g/mol. The topological polar surface area (TPSA) is 86.6 Å². The predicted octanol–water partition coefficient (Wildman–Crippen LogP) is 2.87. The number of methoxy groups -OCH3 is 2. The minimum atomic E-state index is -0.495. The molecule has 0 unspecified atom stereocenters. The normalized spacial score (nSPS) is 10.4. The highest BCUT2D eigenvalue weighted by molar-refractivity contribution is 5.95. The monoisotopic (exact) mass is 406 g/mol. The Kier molecular flexibility index (Phi) is 6.32. The molecule has 0 bridgehead atoms. The van der Waals surface area contributed by atoms with E-state index in [0.29, 0.717) is 28.1 Å². The van der Waals surface area contributed by atoms with E-state index in [2.05, 4.69) is 5.32 Å². The van der Waals surface area contributed by atoms with Crippen LogP contribution in [-0.2, 0) is 11.3 Å². The Bertz CT molecular complexity index is 1150. The van der Waals surface area contributed by atoms with Gasteiger partial charge in [0.05, 0.1) is 25.5 Å². The van der Waals surface area contributed by atoms with Crippen LogP contribution in [0.1, 0.15) is 31.8 Å². The fraction of sp³-hybridized carbons (Fsp3) is 0.174. The highest BCUT2D eigenvalue weighted by atomic mass is 16.5. The Labute approximate surface area is 173 Å². The fourth-order valence-electron chi connectivity index (χ4n) is 3.12. The molecule has 0 atom stereocenters. The number of aryl methyl sites for hydroxylation is 1. The molecule has 2 aromatic carbocycles. The zero-order valence-electron chi connectivity index (χ0n) is 17.0. The predicted molar refractivity (Wildman–Crippen MR) is 112 cm³/mol. The summed E-state index contributed by atoms with van der Waals surface area (Å²) in [6, 6.07) is 15.5. The summed E-state index contributed by atoms with van der Waals surface area (Å²) >= 11 is 0. The van der Waals surface area contributed by atoms with Gasteiger partial charge >= 0.3 is 5.97 Å². The first kappa shape index (κ1) is 20.9. The Balaban J connectivity index is 1.88. The molecule has 0 spiro atoms. The van der Waals surface area contributed by atoms with E-state index >= 15 is 0 Å². The molecule has 0 aliphatic heterocycles. The van der Waals surface area contributed by atoms with E-state index in [-0.39, 0.29) is 12.1 Å². The van der Waals surface area contributed by atoms with E-state index in [9.17, 15) is 14.4 Å². The van der Waals surface area contributed by atoms with Crippen molar-refractivity contribution >= 4 is 11.9 Å². The summed E-state index contributed by atoms with van der Waals surface area (Å²) in [5, 5.41) is 2.75. The number of rotatable bonds is 6. The molecule has 1 aromatic heterocycles. The molecule has 1 heterocycles. The number of esters is 1. The van der Waals surface area contributed by atoms with Gasteiger partial charge in [-0.15, -0.1) is 0 Å². The van der Waals surface area contributed by atoms with Gasteiger partial charge in [0.1, 0.15) is 11.3 Å². The lowest BCUT2D eigenvalue weighted by Crippen LogP contribution is -2.33. The molecular formula is C23H22N2O5. The lowest BCUT2D eigenvalue weighted by Gasteiger charge is -2.14. The van der Waals surface area contributed by atoms with Gasteiger partial charge in [-0.05, 0) is 48.4 Å². The summed E-state index contributed by atoms with van der Waals surface area (Å²) in [5.74, 6) is -0.429. The summed E-state index contributed by atoms with van der Waals surface area (Å²) < 4.78 is 11.4. The van der Waals surface area contributed by atoms with Crippen molar-refractivity contribution in [2.24, 2.45) is 0 Å². The van der Waals surface area contributed by atoms with Crippen LogP contribution >= 0.6 is 0 Å². The Hall–Kier alpha value is -3.87. The highest BCUT2D eigenvalue weighted by Gasteiger charge is 2.18. The van der Waals surface area contributed by atoms with Gasteiger partial charge in [0.15, 0.2) is 0 Å². The van der Waals surface area contributed by atoms with E-state index < -0.39 is 17.4 Å². The lowest BCUT2D eigenvalue weighted by molar-refractivity contribution is 0.0600. The second-order valence-electron chi connectivity index (χ2n) is 6.60. The number of para-hydroxylation sites is 2. The molecule has 0 fully saturated rings. The van der Waals surface area contributed by atoms with E-state index in [1.165, 1.54) is 18.8 Å². The number of carbonyl (C=O) groups excluding carboxylic acids is 2. The molecule has 0 saturated heterocycles. The summed E-state index contributed by atoms with van der Waals surface area (Å²) in [6.45, 7) is 1.87. The molecule has 3 aromatic rings. The van der Waals surface area contributed by atoms with Gasteiger partial charge in [0.25, 0.3) is 11.5 Å². The second-order valence-corrected chi connectivity index (χ2v) is 6.60. The van der Waals surface area contributed by atoms with Gasteiger partial charge in [-0.2, -0.15) is 0 Å². The number of benzene rings is 2. The second kappa shape index (κ2) is 9.09. The third-order valence-corrected chi connectivity index (χ3v) is 4.67. The molecular weight excluding hydrogens is 384 g/mol. The van der Waals surface area contributed by atoms with Crippen LogP contribution < -0.4 is 15.6 Å². The van der Waals surface area contributed by atoms with Crippen molar-refractivity contribution < 1.29 is 19.1 Å². The van der Waals surface area contributed by atoms with E-state index in [0.717, 1.165) is 0 Å². The third-order valence-electron chi connectivity index (χ3n) is 4.67. The van der Waals surface area contributed by atoms with E-state index in [1.807, 2.05) is 0 Å². The van der Waals surface area contributed by atoms with Crippen LogP contribution in [-0.4, -0.2) is 30.7 Å². The zero-order chi connectivity index (χ0) is 21.7. The summed E-state index contributed by atoms with van der Waals surface area (Å²) in [4.78, 5) is 37.6. The minimum absolute atomic E-state index is 0.0486. The molecule has 0 aliphatic carbocycles. The van der Waals surface area contributed by atoms with Crippen LogP contribution in [0.15, 0.2) is 65.6 Å². The largest absolute Gasteiger partial charge is 0.495 e. The number of hydrogen-bond donors (Lipinski definition) is 1. The van der Waals surface area contributed by atoms with Crippen LogP contribution in [0.4, 0.5) is 0 Å². The maximum atomic E-state index is 13.1. The molecule has 7 heteroatoms. The number of nitrogens with zero attached hydrogens (tertiary/aromatic N) is 1. The zero-order valence-corrected chi connectivity index (χ0v) is 17.0.